The van der Waals surface area contributed by atoms with Crippen LogP contribution in [0.5, 0.6) is 0 Å². The van der Waals surface area contributed by atoms with E-state index in [1.165, 1.54) is 12.8 Å². The third-order valence-corrected chi connectivity index (χ3v) is 7.00. The van der Waals surface area contributed by atoms with E-state index >= 15 is 0 Å². The largest absolute Gasteiger partial charge is 0.351 e. The maximum Gasteiger partial charge on any atom is 0.247 e. The van der Waals surface area contributed by atoms with Gasteiger partial charge >= 0.3 is 0 Å². The van der Waals surface area contributed by atoms with Gasteiger partial charge < -0.3 is 10.2 Å². The summed E-state index contributed by atoms with van der Waals surface area (Å²) in [6.07, 6.45) is 9.63. The van der Waals surface area contributed by atoms with E-state index in [4.69, 9.17) is 23.2 Å². The second kappa shape index (κ2) is 10.7. The van der Waals surface area contributed by atoms with Crippen molar-refractivity contribution < 1.29 is 9.59 Å². The summed E-state index contributed by atoms with van der Waals surface area (Å²) in [6, 6.07) is 6.81. The summed E-state index contributed by atoms with van der Waals surface area (Å²) in [5, 5.41) is 3.88. The molecular weight excluding hydrogens is 407 g/mol. The van der Waals surface area contributed by atoms with Crippen LogP contribution in [-0.2, 0) is 9.59 Å². The lowest BCUT2D eigenvalue weighted by Crippen LogP contribution is -2.52. The van der Waals surface area contributed by atoms with Crippen LogP contribution in [0, 0.1) is 5.92 Å². The second-order valence-electron chi connectivity index (χ2n) is 8.56. The zero-order chi connectivity index (χ0) is 20.8. The van der Waals surface area contributed by atoms with Gasteiger partial charge in [-0.2, -0.15) is 0 Å². The van der Waals surface area contributed by atoms with E-state index in [0.717, 1.165) is 50.5 Å². The highest BCUT2D eigenvalue weighted by Gasteiger charge is 2.37. The van der Waals surface area contributed by atoms with Crippen molar-refractivity contribution in [3.05, 3.63) is 34.9 Å². The van der Waals surface area contributed by atoms with E-state index in [9.17, 15) is 9.59 Å². The number of carbonyl (C=O) groups is 2. The Morgan fingerprint density at radius 2 is 1.66 bits per heavy atom. The van der Waals surface area contributed by atoms with Crippen LogP contribution in [0.25, 0.3) is 0 Å². The highest BCUT2D eigenvalue weighted by atomic mass is 35.5. The maximum absolute atomic E-state index is 13.6. The first-order chi connectivity index (χ1) is 14.0. The number of amides is 2. The van der Waals surface area contributed by atoms with Crippen molar-refractivity contribution >= 4 is 35.0 Å². The first kappa shape index (κ1) is 22.4. The van der Waals surface area contributed by atoms with Gasteiger partial charge in [-0.3, -0.25) is 9.59 Å². The van der Waals surface area contributed by atoms with E-state index in [2.05, 4.69) is 12.2 Å². The van der Waals surface area contributed by atoms with Crippen molar-refractivity contribution in [2.24, 2.45) is 5.92 Å². The third-order valence-electron chi connectivity index (χ3n) is 6.52. The Hall–Kier alpha value is -1.26. The molecule has 160 valence electrons. The Morgan fingerprint density at radius 3 is 2.28 bits per heavy atom. The lowest BCUT2D eigenvalue weighted by molar-refractivity contribution is -0.143. The molecule has 6 heteroatoms. The Balaban J connectivity index is 1.92. The van der Waals surface area contributed by atoms with Crippen molar-refractivity contribution in [2.45, 2.75) is 82.8 Å². The average Bonchev–Trinajstić information content (AvgIpc) is 2.74. The number of rotatable bonds is 6. The summed E-state index contributed by atoms with van der Waals surface area (Å²) < 4.78 is 0. The molecule has 3 rings (SSSR count). The van der Waals surface area contributed by atoms with Gasteiger partial charge in [0.15, 0.2) is 0 Å². The molecule has 0 aliphatic heterocycles. The SMILES string of the molecule is C[C@@H]1CCCC[C@H]1NC(=O)[C@H](c1ccc(Cl)cc1)N(C(=O)CCl)C1CCCCC1. The predicted octanol–water partition coefficient (Wildman–Crippen LogP) is 5.48. The molecule has 0 heterocycles. The first-order valence-corrected chi connectivity index (χ1v) is 11.9. The molecule has 2 saturated carbocycles. The van der Waals surface area contributed by atoms with Crippen LogP contribution in [0.1, 0.15) is 76.3 Å². The van der Waals surface area contributed by atoms with E-state index < -0.39 is 6.04 Å². The van der Waals surface area contributed by atoms with Gasteiger partial charge in [0.25, 0.3) is 0 Å². The standard InChI is InChI=1S/C23H32Cl2N2O2/c1-16-7-5-6-10-20(16)26-23(29)22(17-11-13-18(25)14-12-17)27(21(28)15-24)19-8-3-2-4-9-19/h11-14,16,19-20,22H,2-10,15H2,1H3,(H,26,29)/t16-,20-,22+/m1/s1. The fraction of sp³-hybridized carbons (Fsp3) is 0.652. The van der Waals surface area contributed by atoms with Crippen LogP contribution in [0.15, 0.2) is 24.3 Å². The molecular formula is C23H32Cl2N2O2. The first-order valence-electron chi connectivity index (χ1n) is 10.9. The Morgan fingerprint density at radius 1 is 1.03 bits per heavy atom. The molecule has 4 nitrogen and oxygen atoms in total. The Kier molecular flexibility index (Phi) is 8.25. The minimum Gasteiger partial charge on any atom is -0.351 e. The number of carbonyl (C=O) groups excluding carboxylic acids is 2. The molecule has 0 saturated heterocycles. The molecule has 0 bridgehead atoms. The molecule has 1 aromatic rings. The number of nitrogens with zero attached hydrogens (tertiary/aromatic N) is 1. The smallest absolute Gasteiger partial charge is 0.247 e. The van der Waals surface area contributed by atoms with Crippen LogP contribution < -0.4 is 5.32 Å². The molecule has 2 aliphatic rings. The fourth-order valence-electron chi connectivity index (χ4n) is 4.86. The van der Waals surface area contributed by atoms with Crippen molar-refractivity contribution in [1.29, 1.82) is 0 Å². The van der Waals surface area contributed by atoms with Crippen LogP contribution in [-0.4, -0.2) is 34.7 Å². The van der Waals surface area contributed by atoms with Crippen molar-refractivity contribution in [2.75, 3.05) is 5.88 Å². The highest BCUT2D eigenvalue weighted by Crippen LogP contribution is 2.33. The second-order valence-corrected chi connectivity index (χ2v) is 9.26. The van der Waals surface area contributed by atoms with Gasteiger partial charge in [-0.15, -0.1) is 11.6 Å². The molecule has 0 spiro atoms. The van der Waals surface area contributed by atoms with Crippen molar-refractivity contribution in [3.63, 3.8) is 0 Å². The van der Waals surface area contributed by atoms with Crippen LogP contribution >= 0.6 is 23.2 Å². The Bertz CT molecular complexity index is 689. The summed E-state index contributed by atoms with van der Waals surface area (Å²) in [7, 11) is 0. The van der Waals surface area contributed by atoms with E-state index in [1.54, 1.807) is 17.0 Å². The molecule has 2 amide bonds. The molecule has 2 fully saturated rings. The summed E-state index contributed by atoms with van der Waals surface area (Å²) >= 11 is 12.1. The number of nitrogens with one attached hydrogen (secondary N) is 1. The molecule has 3 atom stereocenters. The normalized spacial score (nSPS) is 24.0. The molecule has 0 radical (unpaired) electrons. The maximum atomic E-state index is 13.6. The number of halogens is 2. The lowest BCUT2D eigenvalue weighted by atomic mass is 9.85. The molecule has 1 aromatic carbocycles. The highest BCUT2D eigenvalue weighted by molar-refractivity contribution is 6.30. The van der Waals surface area contributed by atoms with Gasteiger partial charge in [0.1, 0.15) is 11.9 Å². The van der Waals surface area contributed by atoms with Crippen molar-refractivity contribution in [1.82, 2.24) is 10.2 Å². The number of hydrogen-bond donors (Lipinski definition) is 1. The molecule has 0 aromatic heterocycles. The molecule has 1 N–H and O–H groups in total. The number of alkyl halides is 1. The van der Waals surface area contributed by atoms with Crippen LogP contribution in [0.2, 0.25) is 5.02 Å². The van der Waals surface area contributed by atoms with Crippen LogP contribution in [0.4, 0.5) is 0 Å². The molecule has 29 heavy (non-hydrogen) atoms. The summed E-state index contributed by atoms with van der Waals surface area (Å²) in [4.78, 5) is 28.3. The minimum absolute atomic E-state index is 0.0465. The van der Waals surface area contributed by atoms with Gasteiger partial charge in [-0.05, 0) is 49.3 Å². The zero-order valence-electron chi connectivity index (χ0n) is 17.2. The predicted molar refractivity (Wildman–Crippen MR) is 118 cm³/mol. The average molecular weight is 439 g/mol. The van der Waals surface area contributed by atoms with Crippen LogP contribution in [0.3, 0.4) is 0 Å². The summed E-state index contributed by atoms with van der Waals surface area (Å²) in [5.41, 5.74) is 0.791. The van der Waals surface area contributed by atoms with Gasteiger partial charge in [0.05, 0.1) is 0 Å². The summed E-state index contributed by atoms with van der Waals surface area (Å²) in [6.45, 7) is 2.20. The topological polar surface area (TPSA) is 49.4 Å². The minimum atomic E-state index is -0.671. The molecule has 0 unspecified atom stereocenters. The van der Waals surface area contributed by atoms with Crippen molar-refractivity contribution in [3.8, 4) is 0 Å². The number of benzene rings is 1. The summed E-state index contributed by atoms with van der Waals surface area (Å²) in [5.74, 6) is 0.0548. The van der Waals surface area contributed by atoms with Gasteiger partial charge in [0.2, 0.25) is 11.8 Å². The van der Waals surface area contributed by atoms with Gasteiger partial charge in [-0.25, -0.2) is 0 Å². The quantitative estimate of drug-likeness (QED) is 0.597. The van der Waals surface area contributed by atoms with Gasteiger partial charge in [-0.1, -0.05) is 62.8 Å². The Labute approximate surface area is 184 Å². The third kappa shape index (κ3) is 5.67. The van der Waals surface area contributed by atoms with Gasteiger partial charge in [0, 0.05) is 17.1 Å². The van der Waals surface area contributed by atoms with E-state index in [1.807, 2.05) is 12.1 Å². The van der Waals surface area contributed by atoms with E-state index in [0.29, 0.717) is 10.9 Å². The lowest BCUT2D eigenvalue weighted by Gasteiger charge is -2.40. The molecule has 2 aliphatic carbocycles. The van der Waals surface area contributed by atoms with E-state index in [-0.39, 0.29) is 29.8 Å². The fourth-order valence-corrected chi connectivity index (χ4v) is 5.13. The monoisotopic (exact) mass is 438 g/mol. The zero-order valence-corrected chi connectivity index (χ0v) is 18.7. The number of hydrogen-bond acceptors (Lipinski definition) is 2.